The van der Waals surface area contributed by atoms with Gasteiger partial charge in [0, 0.05) is 12.1 Å². The zero-order valence-electron chi connectivity index (χ0n) is 8.29. The van der Waals surface area contributed by atoms with Crippen LogP contribution in [0.4, 0.5) is 0 Å². The van der Waals surface area contributed by atoms with Gasteiger partial charge in [-0.15, -0.1) is 0 Å². The van der Waals surface area contributed by atoms with Crippen molar-refractivity contribution in [2.24, 2.45) is 0 Å². The molecule has 14 heavy (non-hydrogen) atoms. The van der Waals surface area contributed by atoms with E-state index in [0.717, 1.165) is 5.57 Å². The minimum Gasteiger partial charge on any atom is -0.330 e. The van der Waals surface area contributed by atoms with Crippen LogP contribution in [0.5, 0.6) is 0 Å². The summed E-state index contributed by atoms with van der Waals surface area (Å²) in [6, 6.07) is 8.25. The number of carbonyl (C=O) groups excluding carboxylic acids is 1. The van der Waals surface area contributed by atoms with Crippen LogP contribution in [0.1, 0.15) is 11.1 Å². The van der Waals surface area contributed by atoms with E-state index in [4.69, 9.17) is 0 Å². The molecule has 1 heterocycles. The maximum absolute atomic E-state index is 11.3. The van der Waals surface area contributed by atoms with Gasteiger partial charge in [0.15, 0.2) is 0 Å². The second-order valence-electron chi connectivity index (χ2n) is 3.75. The molecule has 0 spiro atoms. The Hall–Kier alpha value is -1.57. The normalized spacial score (nSPS) is 15.6. The van der Waals surface area contributed by atoms with Gasteiger partial charge in [-0.3, -0.25) is 4.79 Å². The van der Waals surface area contributed by atoms with Crippen molar-refractivity contribution in [3.05, 3.63) is 47.5 Å². The second-order valence-corrected chi connectivity index (χ2v) is 3.75. The fourth-order valence-electron chi connectivity index (χ4n) is 1.54. The quantitative estimate of drug-likeness (QED) is 0.511. The van der Waals surface area contributed by atoms with Gasteiger partial charge < -0.3 is 4.90 Å². The Labute approximate surface area is 83.8 Å². The molecule has 0 aromatic heterocycles. The summed E-state index contributed by atoms with van der Waals surface area (Å²) in [6.45, 7) is 7.13. The first-order valence-electron chi connectivity index (χ1n) is 4.69. The van der Waals surface area contributed by atoms with Crippen molar-refractivity contribution in [1.29, 1.82) is 0 Å². The van der Waals surface area contributed by atoms with E-state index in [1.165, 1.54) is 11.1 Å². The van der Waals surface area contributed by atoms with E-state index in [0.29, 0.717) is 13.1 Å². The molecule has 1 aromatic rings. The Morgan fingerprint density at radius 1 is 1.36 bits per heavy atom. The van der Waals surface area contributed by atoms with E-state index < -0.39 is 0 Å². The molecule has 1 aliphatic rings. The Morgan fingerprint density at radius 3 is 2.50 bits per heavy atom. The van der Waals surface area contributed by atoms with E-state index in [-0.39, 0.29) is 5.91 Å². The molecule has 0 N–H and O–H groups in total. The van der Waals surface area contributed by atoms with Crippen LogP contribution in [-0.2, 0) is 11.3 Å². The van der Waals surface area contributed by atoms with Crippen LogP contribution in [0.3, 0.4) is 0 Å². The smallest absolute Gasteiger partial charge is 0.251 e. The summed E-state index contributed by atoms with van der Waals surface area (Å²) in [5.74, 6) is 0.0885. The zero-order chi connectivity index (χ0) is 10.1. The number of nitrogens with zero attached hydrogens (tertiary/aromatic N) is 1. The van der Waals surface area contributed by atoms with Crippen molar-refractivity contribution in [3.63, 3.8) is 0 Å². The summed E-state index contributed by atoms with van der Waals surface area (Å²) in [7, 11) is 0. The molecule has 0 radical (unpaired) electrons. The van der Waals surface area contributed by atoms with Crippen LogP contribution >= 0.6 is 0 Å². The van der Waals surface area contributed by atoms with Crippen LogP contribution in [0.25, 0.3) is 0 Å². The molecule has 0 unspecified atom stereocenters. The van der Waals surface area contributed by atoms with Gasteiger partial charge in [0.05, 0.1) is 6.54 Å². The molecular formula is C12H13NO. The molecule has 0 atom stereocenters. The maximum Gasteiger partial charge on any atom is 0.251 e. The molecule has 2 nitrogen and oxygen atoms in total. The SMILES string of the molecule is C=C1CN(Cc2ccc(C)cc2)C1=O. The number of aryl methyl sites for hydroxylation is 1. The van der Waals surface area contributed by atoms with Gasteiger partial charge in [-0.2, -0.15) is 0 Å². The highest BCUT2D eigenvalue weighted by atomic mass is 16.2. The number of β-lactam (4-membered cyclic amide) rings is 1. The van der Waals surface area contributed by atoms with E-state index in [9.17, 15) is 4.79 Å². The molecule has 1 aliphatic heterocycles. The maximum atomic E-state index is 11.3. The number of benzene rings is 1. The van der Waals surface area contributed by atoms with Gasteiger partial charge in [0.25, 0.3) is 5.91 Å². The molecule has 2 rings (SSSR count). The third-order valence-electron chi connectivity index (χ3n) is 2.47. The van der Waals surface area contributed by atoms with E-state index >= 15 is 0 Å². The van der Waals surface area contributed by atoms with Crippen LogP contribution < -0.4 is 0 Å². The Morgan fingerprint density at radius 2 is 2.00 bits per heavy atom. The summed E-state index contributed by atoms with van der Waals surface area (Å²) >= 11 is 0. The molecule has 72 valence electrons. The lowest BCUT2D eigenvalue weighted by Gasteiger charge is -2.32. The monoisotopic (exact) mass is 187 g/mol. The highest BCUT2D eigenvalue weighted by Gasteiger charge is 2.27. The highest BCUT2D eigenvalue weighted by molar-refractivity contribution is 5.99. The van der Waals surface area contributed by atoms with Crippen molar-refractivity contribution >= 4 is 5.91 Å². The van der Waals surface area contributed by atoms with E-state index in [2.05, 4.69) is 37.8 Å². The van der Waals surface area contributed by atoms with Crippen LogP contribution in [0.15, 0.2) is 36.4 Å². The fourth-order valence-corrected chi connectivity index (χ4v) is 1.54. The van der Waals surface area contributed by atoms with Crippen molar-refractivity contribution in [2.45, 2.75) is 13.5 Å². The number of hydrogen-bond donors (Lipinski definition) is 0. The summed E-state index contributed by atoms with van der Waals surface area (Å²) in [6.07, 6.45) is 0. The van der Waals surface area contributed by atoms with Gasteiger partial charge in [-0.1, -0.05) is 36.4 Å². The van der Waals surface area contributed by atoms with Gasteiger partial charge in [-0.25, -0.2) is 0 Å². The first-order chi connectivity index (χ1) is 6.66. The summed E-state index contributed by atoms with van der Waals surface area (Å²) in [5, 5.41) is 0. The molecule has 1 aromatic carbocycles. The molecular weight excluding hydrogens is 174 g/mol. The number of carbonyl (C=O) groups is 1. The predicted octanol–water partition coefficient (Wildman–Crippen LogP) is 1.89. The number of hydrogen-bond acceptors (Lipinski definition) is 1. The highest BCUT2D eigenvalue weighted by Crippen LogP contribution is 2.17. The Bertz CT molecular complexity index is 378. The van der Waals surface area contributed by atoms with Crippen LogP contribution in [0.2, 0.25) is 0 Å². The number of likely N-dealkylation sites (tertiary alicyclic amines) is 1. The van der Waals surface area contributed by atoms with Gasteiger partial charge in [0.1, 0.15) is 0 Å². The topological polar surface area (TPSA) is 20.3 Å². The zero-order valence-corrected chi connectivity index (χ0v) is 8.29. The van der Waals surface area contributed by atoms with Crippen LogP contribution in [0, 0.1) is 6.92 Å². The number of amides is 1. The lowest BCUT2D eigenvalue weighted by atomic mass is 10.1. The van der Waals surface area contributed by atoms with E-state index in [1.54, 1.807) is 4.90 Å². The third-order valence-corrected chi connectivity index (χ3v) is 2.47. The minimum atomic E-state index is 0.0885. The summed E-state index contributed by atoms with van der Waals surface area (Å²) in [5.41, 5.74) is 3.14. The molecule has 1 fully saturated rings. The fraction of sp³-hybridized carbons (Fsp3) is 0.250. The van der Waals surface area contributed by atoms with Gasteiger partial charge in [0.2, 0.25) is 0 Å². The van der Waals surface area contributed by atoms with Gasteiger partial charge in [-0.05, 0) is 12.5 Å². The Balaban J connectivity index is 2.02. The minimum absolute atomic E-state index is 0.0885. The molecule has 2 heteroatoms. The number of rotatable bonds is 2. The molecule has 0 aliphatic carbocycles. The molecule has 1 amide bonds. The van der Waals surface area contributed by atoms with Crippen molar-refractivity contribution in [2.75, 3.05) is 6.54 Å². The lowest BCUT2D eigenvalue weighted by Crippen LogP contribution is -2.44. The predicted molar refractivity (Wildman–Crippen MR) is 55.7 cm³/mol. The average molecular weight is 187 g/mol. The van der Waals surface area contributed by atoms with Crippen molar-refractivity contribution < 1.29 is 4.79 Å². The third kappa shape index (κ3) is 1.55. The first-order valence-corrected chi connectivity index (χ1v) is 4.69. The standard InChI is InChI=1S/C12H13NO/c1-9-3-5-11(6-4-9)8-13-7-10(2)12(13)14/h3-6H,2,7-8H2,1H3. The second kappa shape index (κ2) is 3.29. The molecule has 0 saturated carbocycles. The lowest BCUT2D eigenvalue weighted by molar-refractivity contribution is -0.133. The largest absolute Gasteiger partial charge is 0.330 e. The Kier molecular flexibility index (Phi) is 2.12. The van der Waals surface area contributed by atoms with Crippen molar-refractivity contribution in [3.8, 4) is 0 Å². The van der Waals surface area contributed by atoms with Crippen LogP contribution in [-0.4, -0.2) is 17.4 Å². The van der Waals surface area contributed by atoms with Crippen molar-refractivity contribution in [1.82, 2.24) is 4.90 Å². The van der Waals surface area contributed by atoms with Gasteiger partial charge >= 0.3 is 0 Å². The first kappa shape index (κ1) is 9.00. The average Bonchev–Trinajstić information content (AvgIpc) is 2.20. The molecule has 0 bridgehead atoms. The molecule has 1 saturated heterocycles. The summed E-state index contributed by atoms with van der Waals surface area (Å²) < 4.78 is 0. The summed E-state index contributed by atoms with van der Waals surface area (Å²) in [4.78, 5) is 13.1. The van der Waals surface area contributed by atoms with E-state index in [1.807, 2.05) is 0 Å².